The molecule has 0 aliphatic heterocycles. The second-order valence-electron chi connectivity index (χ2n) is 7.60. The average Bonchev–Trinajstić information content (AvgIpc) is 2.64. The molecule has 0 bridgehead atoms. The highest BCUT2D eigenvalue weighted by atomic mass is 32.2. The van der Waals surface area contributed by atoms with Crippen LogP contribution in [-0.2, 0) is 16.7 Å². The highest BCUT2D eigenvalue weighted by molar-refractivity contribution is 7.87. The lowest BCUT2D eigenvalue weighted by atomic mass is 10.1. The number of nitrogens with one attached hydrogen (secondary N) is 1. The molecule has 0 saturated carbocycles. The van der Waals surface area contributed by atoms with Crippen molar-refractivity contribution >= 4 is 21.8 Å². The zero-order valence-electron chi connectivity index (χ0n) is 17.7. The van der Waals surface area contributed by atoms with Gasteiger partial charge in [0.25, 0.3) is 0 Å². The lowest BCUT2D eigenvalue weighted by Crippen LogP contribution is -2.37. The Morgan fingerprint density at radius 1 is 1.10 bits per heavy atom. The smallest absolute Gasteiger partial charge is 0.322 e. The van der Waals surface area contributed by atoms with Crippen LogP contribution in [0.5, 0.6) is 5.75 Å². The van der Waals surface area contributed by atoms with E-state index in [2.05, 4.69) is 19.2 Å². The molecule has 6 nitrogen and oxygen atoms in total. The van der Waals surface area contributed by atoms with E-state index in [0.29, 0.717) is 19.0 Å². The summed E-state index contributed by atoms with van der Waals surface area (Å²) in [6, 6.07) is 12.5. The Bertz CT molecular complexity index is 938. The van der Waals surface area contributed by atoms with E-state index in [1.165, 1.54) is 6.92 Å². The lowest BCUT2D eigenvalue weighted by molar-refractivity contribution is 0.201. The monoisotopic (exact) mass is 418 g/mol. The van der Waals surface area contributed by atoms with Crippen molar-refractivity contribution < 1.29 is 17.4 Å². The first kappa shape index (κ1) is 22.7. The number of amides is 2. The summed E-state index contributed by atoms with van der Waals surface area (Å²) in [4.78, 5) is 14.6. The molecular formula is C22H30N2O4S. The predicted octanol–water partition coefficient (Wildman–Crippen LogP) is 4.72. The van der Waals surface area contributed by atoms with E-state index in [9.17, 15) is 13.2 Å². The molecule has 0 atom stereocenters. The number of carbonyl (C=O) groups excluding carboxylic acids is 1. The molecule has 2 amide bonds. The standard InChI is InChI=1S/C22H30N2O4S/c1-6-29(26,27)28-20-10-8-19(9-11-20)15-24(14-16(2)3)22(25)23-21-12-7-17(4)13-18(21)5/h7-13,16H,6,14-15H2,1-5H3,(H,23,25). The van der Waals surface area contributed by atoms with E-state index in [0.717, 1.165) is 22.4 Å². The summed E-state index contributed by atoms with van der Waals surface area (Å²) in [5.74, 6) is 0.484. The van der Waals surface area contributed by atoms with Crippen molar-refractivity contribution in [2.24, 2.45) is 5.92 Å². The van der Waals surface area contributed by atoms with Gasteiger partial charge in [-0.2, -0.15) is 8.42 Å². The fourth-order valence-electron chi connectivity index (χ4n) is 2.88. The van der Waals surface area contributed by atoms with Crippen LogP contribution in [0.4, 0.5) is 10.5 Å². The van der Waals surface area contributed by atoms with Crippen LogP contribution in [0.2, 0.25) is 0 Å². The molecule has 2 aromatic carbocycles. The maximum Gasteiger partial charge on any atom is 0.322 e. The Kier molecular flexibility index (Phi) is 7.67. The van der Waals surface area contributed by atoms with Gasteiger partial charge in [0, 0.05) is 18.8 Å². The summed E-state index contributed by atoms with van der Waals surface area (Å²) < 4.78 is 28.2. The van der Waals surface area contributed by atoms with E-state index in [1.807, 2.05) is 32.0 Å². The summed E-state index contributed by atoms with van der Waals surface area (Å²) in [7, 11) is -3.55. The molecule has 1 N–H and O–H groups in total. The third-order valence-electron chi connectivity index (χ3n) is 4.37. The van der Waals surface area contributed by atoms with Gasteiger partial charge in [-0.25, -0.2) is 4.79 Å². The van der Waals surface area contributed by atoms with E-state index < -0.39 is 10.1 Å². The Balaban J connectivity index is 2.12. The van der Waals surface area contributed by atoms with E-state index in [4.69, 9.17) is 4.18 Å². The van der Waals surface area contributed by atoms with Crippen molar-refractivity contribution in [2.45, 2.75) is 41.2 Å². The number of hydrogen-bond donors (Lipinski definition) is 1. The first-order valence-corrected chi connectivity index (χ1v) is 11.3. The molecule has 0 saturated heterocycles. The first-order chi connectivity index (χ1) is 13.6. The molecule has 0 spiro atoms. The number of nitrogens with zero attached hydrogens (tertiary/aromatic N) is 1. The van der Waals surface area contributed by atoms with Gasteiger partial charge in [-0.15, -0.1) is 0 Å². The van der Waals surface area contributed by atoms with E-state index in [-0.39, 0.29) is 17.5 Å². The number of hydrogen-bond acceptors (Lipinski definition) is 4. The van der Waals surface area contributed by atoms with Gasteiger partial charge in [-0.3, -0.25) is 0 Å². The predicted molar refractivity (Wildman–Crippen MR) is 117 cm³/mol. The fourth-order valence-corrected chi connectivity index (χ4v) is 3.41. The summed E-state index contributed by atoms with van der Waals surface area (Å²) >= 11 is 0. The Labute approximate surface area is 174 Å². The second-order valence-corrected chi connectivity index (χ2v) is 9.46. The topological polar surface area (TPSA) is 75.7 Å². The molecule has 0 aliphatic carbocycles. The zero-order valence-corrected chi connectivity index (χ0v) is 18.5. The molecule has 0 radical (unpaired) electrons. The van der Waals surface area contributed by atoms with Crippen LogP contribution in [0.25, 0.3) is 0 Å². The number of carbonyl (C=O) groups is 1. The van der Waals surface area contributed by atoms with Crippen molar-refractivity contribution in [2.75, 3.05) is 17.6 Å². The summed E-state index contributed by atoms with van der Waals surface area (Å²) in [6.07, 6.45) is 0. The van der Waals surface area contributed by atoms with E-state index in [1.54, 1.807) is 29.2 Å². The van der Waals surface area contributed by atoms with E-state index >= 15 is 0 Å². The minimum atomic E-state index is -3.55. The summed E-state index contributed by atoms with van der Waals surface area (Å²) in [5, 5.41) is 3.00. The average molecular weight is 419 g/mol. The van der Waals surface area contributed by atoms with Crippen molar-refractivity contribution in [3.05, 3.63) is 59.2 Å². The maximum atomic E-state index is 12.9. The van der Waals surface area contributed by atoms with Crippen molar-refractivity contribution in [3.8, 4) is 5.75 Å². The second kappa shape index (κ2) is 9.78. The first-order valence-electron chi connectivity index (χ1n) is 9.74. The molecule has 0 heterocycles. The number of benzene rings is 2. The molecule has 0 fully saturated rings. The molecular weight excluding hydrogens is 388 g/mol. The lowest BCUT2D eigenvalue weighted by Gasteiger charge is -2.25. The van der Waals surface area contributed by atoms with Crippen molar-refractivity contribution in [3.63, 3.8) is 0 Å². The Hall–Kier alpha value is -2.54. The summed E-state index contributed by atoms with van der Waals surface area (Å²) in [6.45, 7) is 10.6. The molecule has 2 rings (SSSR count). The van der Waals surface area contributed by atoms with Crippen LogP contribution >= 0.6 is 0 Å². The Morgan fingerprint density at radius 3 is 2.31 bits per heavy atom. The van der Waals surface area contributed by atoms with Gasteiger partial charge in [-0.05, 0) is 56.0 Å². The number of rotatable bonds is 8. The van der Waals surface area contributed by atoms with Gasteiger partial charge in [-0.1, -0.05) is 43.7 Å². The van der Waals surface area contributed by atoms with Crippen LogP contribution in [0.15, 0.2) is 42.5 Å². The zero-order chi connectivity index (χ0) is 21.6. The molecule has 7 heteroatoms. The van der Waals surface area contributed by atoms with Crippen LogP contribution < -0.4 is 9.50 Å². The highest BCUT2D eigenvalue weighted by Gasteiger charge is 2.17. The van der Waals surface area contributed by atoms with Gasteiger partial charge in [0.05, 0.1) is 5.75 Å². The van der Waals surface area contributed by atoms with Gasteiger partial charge >= 0.3 is 16.1 Å². The van der Waals surface area contributed by atoms with Crippen LogP contribution in [0.3, 0.4) is 0 Å². The maximum absolute atomic E-state index is 12.9. The van der Waals surface area contributed by atoms with Gasteiger partial charge in [0.2, 0.25) is 0 Å². The fraction of sp³-hybridized carbons (Fsp3) is 0.409. The normalized spacial score (nSPS) is 11.4. The van der Waals surface area contributed by atoms with Gasteiger partial charge in [0.1, 0.15) is 5.75 Å². The molecule has 2 aromatic rings. The van der Waals surface area contributed by atoms with Crippen molar-refractivity contribution in [1.82, 2.24) is 4.90 Å². The van der Waals surface area contributed by atoms with Crippen molar-refractivity contribution in [1.29, 1.82) is 0 Å². The van der Waals surface area contributed by atoms with Crippen LogP contribution in [-0.4, -0.2) is 31.6 Å². The third kappa shape index (κ3) is 7.09. The summed E-state index contributed by atoms with van der Waals surface area (Å²) in [5.41, 5.74) is 3.85. The molecule has 0 aliphatic rings. The highest BCUT2D eigenvalue weighted by Crippen LogP contribution is 2.19. The Morgan fingerprint density at radius 2 is 1.76 bits per heavy atom. The van der Waals surface area contributed by atoms with Gasteiger partial charge < -0.3 is 14.4 Å². The number of aryl methyl sites for hydroxylation is 2. The SMILES string of the molecule is CCS(=O)(=O)Oc1ccc(CN(CC(C)C)C(=O)Nc2ccc(C)cc2C)cc1. The molecule has 158 valence electrons. The largest absolute Gasteiger partial charge is 0.382 e. The molecule has 0 unspecified atom stereocenters. The quantitative estimate of drug-likeness (QED) is 0.629. The minimum Gasteiger partial charge on any atom is -0.382 e. The number of anilines is 1. The van der Waals surface area contributed by atoms with Crippen LogP contribution in [0.1, 0.15) is 37.5 Å². The van der Waals surface area contributed by atoms with Crippen LogP contribution in [0, 0.1) is 19.8 Å². The molecule has 29 heavy (non-hydrogen) atoms. The third-order valence-corrected chi connectivity index (χ3v) is 5.52. The van der Waals surface area contributed by atoms with Gasteiger partial charge in [0.15, 0.2) is 0 Å². The molecule has 0 aromatic heterocycles. The minimum absolute atomic E-state index is 0.0878. The number of urea groups is 1.